The summed E-state index contributed by atoms with van der Waals surface area (Å²) in [7, 11) is 0. The van der Waals surface area contributed by atoms with Crippen molar-refractivity contribution in [2.24, 2.45) is 5.92 Å². The fourth-order valence-electron chi connectivity index (χ4n) is 2.99. The highest BCUT2D eigenvalue weighted by atomic mass is 16.6. The Kier molecular flexibility index (Phi) is 5.72. The van der Waals surface area contributed by atoms with Crippen molar-refractivity contribution >= 4 is 11.6 Å². The molecular weight excluding hydrogens is 268 g/mol. The lowest BCUT2D eigenvalue weighted by atomic mass is 9.86. The van der Waals surface area contributed by atoms with E-state index >= 15 is 0 Å². The van der Waals surface area contributed by atoms with Crippen LogP contribution in [0.1, 0.15) is 55.3 Å². The molecule has 1 N–H and O–H groups in total. The van der Waals surface area contributed by atoms with Crippen molar-refractivity contribution in [1.82, 2.24) is 5.32 Å². The lowest BCUT2D eigenvalue weighted by Gasteiger charge is -2.21. The van der Waals surface area contributed by atoms with Gasteiger partial charge in [0.05, 0.1) is 4.92 Å². The van der Waals surface area contributed by atoms with Gasteiger partial charge in [-0.1, -0.05) is 44.2 Å². The third-order valence-electron chi connectivity index (χ3n) is 4.14. The maximum atomic E-state index is 12.0. The van der Waals surface area contributed by atoms with Crippen LogP contribution >= 0.6 is 0 Å². The Bertz CT molecular complexity index is 496. The van der Waals surface area contributed by atoms with Crippen molar-refractivity contribution < 1.29 is 9.72 Å². The van der Waals surface area contributed by atoms with Gasteiger partial charge in [0.1, 0.15) is 5.56 Å². The number of rotatable bonds is 6. The molecule has 21 heavy (non-hydrogen) atoms. The predicted molar refractivity (Wildman–Crippen MR) is 81.2 cm³/mol. The van der Waals surface area contributed by atoms with Gasteiger partial charge in [-0.3, -0.25) is 14.9 Å². The third kappa shape index (κ3) is 4.55. The molecule has 1 saturated carbocycles. The van der Waals surface area contributed by atoms with E-state index in [-0.39, 0.29) is 17.2 Å². The zero-order valence-corrected chi connectivity index (χ0v) is 12.2. The van der Waals surface area contributed by atoms with Crippen LogP contribution in [0.2, 0.25) is 0 Å². The highest BCUT2D eigenvalue weighted by Crippen LogP contribution is 2.27. The van der Waals surface area contributed by atoms with Crippen LogP contribution in [-0.2, 0) is 0 Å². The van der Waals surface area contributed by atoms with Crippen LogP contribution in [-0.4, -0.2) is 17.4 Å². The summed E-state index contributed by atoms with van der Waals surface area (Å²) in [5.74, 6) is 0.438. The smallest absolute Gasteiger partial charge is 0.282 e. The summed E-state index contributed by atoms with van der Waals surface area (Å²) < 4.78 is 0. The summed E-state index contributed by atoms with van der Waals surface area (Å²) in [6.45, 7) is 0.585. The van der Waals surface area contributed by atoms with Crippen LogP contribution in [0.5, 0.6) is 0 Å². The Morgan fingerprint density at radius 3 is 2.67 bits per heavy atom. The molecule has 5 heteroatoms. The highest BCUT2D eigenvalue weighted by Gasteiger charge is 2.19. The molecule has 1 aliphatic carbocycles. The summed E-state index contributed by atoms with van der Waals surface area (Å²) in [4.78, 5) is 22.4. The van der Waals surface area contributed by atoms with Gasteiger partial charge < -0.3 is 5.32 Å². The fraction of sp³-hybridized carbons (Fsp3) is 0.562. The molecule has 1 aromatic carbocycles. The molecule has 114 valence electrons. The molecule has 0 aliphatic heterocycles. The number of para-hydroxylation sites is 1. The van der Waals surface area contributed by atoms with Gasteiger partial charge in [0.2, 0.25) is 0 Å². The van der Waals surface area contributed by atoms with E-state index in [1.165, 1.54) is 44.2 Å². The minimum Gasteiger partial charge on any atom is -0.352 e. The van der Waals surface area contributed by atoms with E-state index in [1.807, 2.05) is 0 Å². The summed E-state index contributed by atoms with van der Waals surface area (Å²) in [6, 6.07) is 6.06. The van der Waals surface area contributed by atoms with E-state index in [9.17, 15) is 14.9 Å². The molecule has 0 unspecified atom stereocenters. The molecule has 0 bridgehead atoms. The summed E-state index contributed by atoms with van der Waals surface area (Å²) in [5.41, 5.74) is 0.00227. The molecule has 0 heterocycles. The Hall–Kier alpha value is -1.91. The van der Waals surface area contributed by atoms with E-state index in [1.54, 1.807) is 12.1 Å². The second-order valence-corrected chi connectivity index (χ2v) is 5.68. The summed E-state index contributed by atoms with van der Waals surface area (Å²) >= 11 is 0. The zero-order chi connectivity index (χ0) is 15.1. The van der Waals surface area contributed by atoms with E-state index in [0.29, 0.717) is 6.54 Å². The third-order valence-corrected chi connectivity index (χ3v) is 4.14. The number of hydrogen-bond acceptors (Lipinski definition) is 3. The van der Waals surface area contributed by atoms with Crippen molar-refractivity contribution in [2.45, 2.75) is 44.9 Å². The monoisotopic (exact) mass is 290 g/mol. The van der Waals surface area contributed by atoms with Crippen molar-refractivity contribution in [3.63, 3.8) is 0 Å². The standard InChI is InChI=1S/C16H22N2O3/c19-16(14-10-4-5-11-15(14)18(20)21)17-12-6-9-13-7-2-1-3-8-13/h4-5,10-11,13H,1-3,6-9,12H2,(H,17,19). The molecule has 1 aliphatic rings. The van der Waals surface area contributed by atoms with Crippen LogP contribution < -0.4 is 5.32 Å². The zero-order valence-electron chi connectivity index (χ0n) is 12.2. The molecule has 0 saturated heterocycles. The Balaban J connectivity index is 1.78. The maximum Gasteiger partial charge on any atom is 0.282 e. The minimum atomic E-state index is -0.517. The SMILES string of the molecule is O=C(NCCCC1CCCCC1)c1ccccc1[N+](=O)[O-]. The van der Waals surface area contributed by atoms with Gasteiger partial charge in [0, 0.05) is 12.6 Å². The number of carbonyl (C=O) groups is 1. The maximum absolute atomic E-state index is 12.0. The molecule has 0 aromatic heterocycles. The molecule has 0 atom stereocenters. The van der Waals surface area contributed by atoms with Gasteiger partial charge in [0.25, 0.3) is 11.6 Å². The number of nitro groups is 1. The number of nitrogens with one attached hydrogen (secondary N) is 1. The van der Waals surface area contributed by atoms with Gasteiger partial charge in [-0.05, 0) is 24.8 Å². The topological polar surface area (TPSA) is 72.2 Å². The number of nitro benzene ring substituents is 1. The number of amides is 1. The van der Waals surface area contributed by atoms with Gasteiger partial charge in [0.15, 0.2) is 0 Å². The first kappa shape index (κ1) is 15.5. The molecule has 1 fully saturated rings. The molecule has 0 spiro atoms. The number of hydrogen-bond donors (Lipinski definition) is 1. The van der Waals surface area contributed by atoms with Gasteiger partial charge in [-0.15, -0.1) is 0 Å². The molecule has 2 rings (SSSR count). The molecule has 1 aromatic rings. The lowest BCUT2D eigenvalue weighted by Crippen LogP contribution is -2.25. The van der Waals surface area contributed by atoms with Gasteiger partial charge >= 0.3 is 0 Å². The molecular formula is C16H22N2O3. The van der Waals surface area contributed by atoms with Crippen LogP contribution in [0.25, 0.3) is 0 Å². The molecule has 0 radical (unpaired) electrons. The Morgan fingerprint density at radius 1 is 1.24 bits per heavy atom. The second kappa shape index (κ2) is 7.76. The van der Waals surface area contributed by atoms with Crippen molar-refractivity contribution in [3.8, 4) is 0 Å². The van der Waals surface area contributed by atoms with Crippen molar-refractivity contribution in [2.75, 3.05) is 6.54 Å². The largest absolute Gasteiger partial charge is 0.352 e. The Labute approximate surface area is 124 Å². The van der Waals surface area contributed by atoms with Crippen molar-refractivity contribution in [1.29, 1.82) is 0 Å². The predicted octanol–water partition coefficient (Wildman–Crippen LogP) is 3.69. The lowest BCUT2D eigenvalue weighted by molar-refractivity contribution is -0.385. The molecule has 1 amide bonds. The highest BCUT2D eigenvalue weighted by molar-refractivity contribution is 5.98. The van der Waals surface area contributed by atoms with Crippen LogP contribution in [0.3, 0.4) is 0 Å². The van der Waals surface area contributed by atoms with E-state index in [4.69, 9.17) is 0 Å². The average molecular weight is 290 g/mol. The van der Waals surface area contributed by atoms with Crippen LogP contribution in [0.15, 0.2) is 24.3 Å². The second-order valence-electron chi connectivity index (χ2n) is 5.68. The Morgan fingerprint density at radius 2 is 1.95 bits per heavy atom. The van der Waals surface area contributed by atoms with Crippen LogP contribution in [0.4, 0.5) is 5.69 Å². The van der Waals surface area contributed by atoms with Crippen LogP contribution in [0, 0.1) is 16.0 Å². The normalized spacial score (nSPS) is 15.6. The first-order valence-corrected chi connectivity index (χ1v) is 7.70. The van der Waals surface area contributed by atoms with Gasteiger partial charge in [-0.25, -0.2) is 0 Å². The van der Waals surface area contributed by atoms with E-state index in [2.05, 4.69) is 5.32 Å². The average Bonchev–Trinajstić information content (AvgIpc) is 2.52. The fourth-order valence-corrected chi connectivity index (χ4v) is 2.99. The first-order chi connectivity index (χ1) is 10.2. The number of nitrogens with zero attached hydrogens (tertiary/aromatic N) is 1. The number of benzene rings is 1. The van der Waals surface area contributed by atoms with Gasteiger partial charge in [-0.2, -0.15) is 0 Å². The van der Waals surface area contributed by atoms with E-state index in [0.717, 1.165) is 18.8 Å². The summed E-state index contributed by atoms with van der Waals surface area (Å²) in [6.07, 6.45) is 8.69. The molecule has 5 nitrogen and oxygen atoms in total. The van der Waals surface area contributed by atoms with Crippen molar-refractivity contribution in [3.05, 3.63) is 39.9 Å². The minimum absolute atomic E-state index is 0.137. The summed E-state index contributed by atoms with van der Waals surface area (Å²) in [5, 5.41) is 13.7. The van der Waals surface area contributed by atoms with E-state index < -0.39 is 4.92 Å². The number of carbonyl (C=O) groups excluding carboxylic acids is 1. The quantitative estimate of drug-likeness (QED) is 0.493. The first-order valence-electron chi connectivity index (χ1n) is 7.70.